The van der Waals surface area contributed by atoms with Crippen molar-refractivity contribution in [3.8, 4) is 0 Å². The molecule has 0 aliphatic rings. The Morgan fingerprint density at radius 3 is 2.27 bits per heavy atom. The lowest BCUT2D eigenvalue weighted by Gasteiger charge is -2.31. The Bertz CT molecular complexity index is 620. The first-order chi connectivity index (χ1) is 10.2. The van der Waals surface area contributed by atoms with Gasteiger partial charge < -0.3 is 10.4 Å². The average molecular weight is 300 g/mol. The van der Waals surface area contributed by atoms with Crippen LogP contribution in [-0.4, -0.2) is 26.1 Å². The second-order valence-corrected chi connectivity index (χ2v) is 6.76. The molecule has 118 valence electrons. The molecule has 1 aromatic heterocycles. The van der Waals surface area contributed by atoms with Crippen molar-refractivity contribution >= 4 is 5.95 Å². The largest absolute Gasteiger partial charge is 0.383 e. The molecule has 2 aromatic rings. The molecular weight excluding hydrogens is 276 g/mol. The number of rotatable bonds is 4. The van der Waals surface area contributed by atoms with Crippen molar-refractivity contribution in [3.05, 3.63) is 48.0 Å². The lowest BCUT2D eigenvalue weighted by Crippen LogP contribution is -2.40. The summed E-state index contributed by atoms with van der Waals surface area (Å²) in [7, 11) is 0. The molecule has 0 saturated carbocycles. The van der Waals surface area contributed by atoms with Crippen LogP contribution in [0.3, 0.4) is 0 Å². The molecule has 22 heavy (non-hydrogen) atoms. The minimum absolute atomic E-state index is 0.148. The van der Waals surface area contributed by atoms with Crippen molar-refractivity contribution in [3.63, 3.8) is 0 Å². The van der Waals surface area contributed by atoms with E-state index in [2.05, 4.69) is 41.0 Å². The predicted molar refractivity (Wildman–Crippen MR) is 87.6 cm³/mol. The molecule has 2 atom stereocenters. The second-order valence-electron chi connectivity index (χ2n) is 6.76. The molecule has 0 aliphatic carbocycles. The number of hydrogen-bond donors (Lipinski definition) is 2. The van der Waals surface area contributed by atoms with Crippen LogP contribution in [0.25, 0.3) is 0 Å². The van der Waals surface area contributed by atoms with Gasteiger partial charge in [-0.15, -0.1) is 0 Å². The molecule has 1 aromatic carbocycles. The molecule has 5 heteroatoms. The van der Waals surface area contributed by atoms with Gasteiger partial charge in [-0.25, -0.2) is 9.97 Å². The summed E-state index contributed by atoms with van der Waals surface area (Å²) in [5.41, 5.74) is -0.333. The molecule has 0 saturated heterocycles. The molecule has 0 spiro atoms. The molecule has 0 bridgehead atoms. The maximum Gasteiger partial charge on any atom is 0.226 e. The molecule has 1 heterocycles. The third kappa shape index (κ3) is 3.60. The first-order valence-corrected chi connectivity index (χ1v) is 7.45. The first kappa shape index (κ1) is 16.4. The molecule has 5 nitrogen and oxygen atoms in total. The highest BCUT2D eigenvalue weighted by Gasteiger charge is 2.31. The highest BCUT2D eigenvalue weighted by atomic mass is 16.3. The summed E-state index contributed by atoms with van der Waals surface area (Å²) >= 11 is 0. The molecule has 0 unspecified atom stereocenters. The van der Waals surface area contributed by atoms with E-state index in [1.54, 1.807) is 6.92 Å². The van der Waals surface area contributed by atoms with E-state index in [9.17, 15) is 5.11 Å². The summed E-state index contributed by atoms with van der Waals surface area (Å²) in [5.74, 6) is 1.19. The topological polar surface area (TPSA) is 70.9 Å². The predicted octanol–water partition coefficient (Wildman–Crippen LogP) is 2.88. The van der Waals surface area contributed by atoms with E-state index in [1.807, 2.05) is 37.3 Å². The van der Waals surface area contributed by atoms with Gasteiger partial charge in [0.25, 0.3) is 0 Å². The third-order valence-corrected chi connectivity index (χ3v) is 3.79. The Morgan fingerprint density at radius 2 is 1.68 bits per heavy atom. The van der Waals surface area contributed by atoms with Crippen molar-refractivity contribution in [1.29, 1.82) is 0 Å². The van der Waals surface area contributed by atoms with E-state index < -0.39 is 5.60 Å². The van der Waals surface area contributed by atoms with Gasteiger partial charge in [0.1, 0.15) is 17.8 Å². The van der Waals surface area contributed by atoms with Gasteiger partial charge in [0.2, 0.25) is 5.95 Å². The molecular formula is C17H24N4O. The lowest BCUT2D eigenvalue weighted by molar-refractivity contribution is 0.0413. The highest BCUT2D eigenvalue weighted by molar-refractivity contribution is 5.31. The molecule has 0 fully saturated rings. The van der Waals surface area contributed by atoms with Crippen molar-refractivity contribution in [1.82, 2.24) is 15.0 Å². The monoisotopic (exact) mass is 300 g/mol. The SMILES string of the molecule is C[C@@H](Nc1ncnc(C(C)(C)C)n1)[C@@](C)(O)c1ccccc1. The van der Waals surface area contributed by atoms with E-state index in [0.29, 0.717) is 5.95 Å². The van der Waals surface area contributed by atoms with Gasteiger partial charge in [0.05, 0.1) is 6.04 Å². The van der Waals surface area contributed by atoms with E-state index in [-0.39, 0.29) is 11.5 Å². The van der Waals surface area contributed by atoms with Crippen LogP contribution >= 0.6 is 0 Å². The molecule has 2 N–H and O–H groups in total. The van der Waals surface area contributed by atoms with Crippen LogP contribution < -0.4 is 5.32 Å². The Morgan fingerprint density at radius 1 is 1.05 bits per heavy atom. The van der Waals surface area contributed by atoms with Gasteiger partial charge in [-0.1, -0.05) is 51.1 Å². The fourth-order valence-electron chi connectivity index (χ4n) is 2.09. The van der Waals surface area contributed by atoms with Crippen molar-refractivity contribution < 1.29 is 5.11 Å². The standard InChI is InChI=1S/C17H24N4O/c1-12(17(5,22)13-9-7-6-8-10-13)20-15-19-11-18-14(21-15)16(2,3)4/h6-12,22H,1-5H3,(H,18,19,20,21)/t12-,17-/m1/s1. The first-order valence-electron chi connectivity index (χ1n) is 7.45. The van der Waals surface area contributed by atoms with Crippen molar-refractivity contribution in [2.24, 2.45) is 0 Å². The van der Waals surface area contributed by atoms with Crippen LogP contribution in [0.1, 0.15) is 46.0 Å². The Hall–Kier alpha value is -2.01. The van der Waals surface area contributed by atoms with E-state index in [0.717, 1.165) is 11.4 Å². The molecule has 0 aliphatic heterocycles. The number of benzene rings is 1. The number of hydrogen-bond acceptors (Lipinski definition) is 5. The van der Waals surface area contributed by atoms with E-state index >= 15 is 0 Å². The zero-order valence-electron chi connectivity index (χ0n) is 13.8. The zero-order valence-corrected chi connectivity index (χ0v) is 13.8. The number of anilines is 1. The van der Waals surface area contributed by atoms with Crippen LogP contribution in [0, 0.1) is 0 Å². The molecule has 0 amide bonds. The number of nitrogens with one attached hydrogen (secondary N) is 1. The number of aliphatic hydroxyl groups is 1. The molecule has 0 radical (unpaired) electrons. The Kier molecular flexibility index (Phi) is 4.47. The van der Waals surface area contributed by atoms with Gasteiger partial charge in [-0.2, -0.15) is 4.98 Å². The van der Waals surface area contributed by atoms with Gasteiger partial charge in [-0.05, 0) is 19.4 Å². The summed E-state index contributed by atoms with van der Waals surface area (Å²) in [4.78, 5) is 12.8. The van der Waals surface area contributed by atoms with E-state index in [4.69, 9.17) is 0 Å². The quantitative estimate of drug-likeness (QED) is 0.908. The fraction of sp³-hybridized carbons (Fsp3) is 0.471. The van der Waals surface area contributed by atoms with Crippen LogP contribution in [-0.2, 0) is 11.0 Å². The Balaban J connectivity index is 2.20. The number of aromatic nitrogens is 3. The van der Waals surface area contributed by atoms with E-state index in [1.165, 1.54) is 6.33 Å². The maximum atomic E-state index is 10.8. The average Bonchev–Trinajstić information content (AvgIpc) is 2.47. The normalized spacial score (nSPS) is 15.9. The summed E-state index contributed by atoms with van der Waals surface area (Å²) in [6.07, 6.45) is 1.50. The van der Waals surface area contributed by atoms with Crippen molar-refractivity contribution in [2.75, 3.05) is 5.32 Å². The summed E-state index contributed by atoms with van der Waals surface area (Å²) in [6, 6.07) is 9.32. The van der Waals surface area contributed by atoms with Crippen LogP contribution in [0.5, 0.6) is 0 Å². The smallest absolute Gasteiger partial charge is 0.226 e. The van der Waals surface area contributed by atoms with Gasteiger partial charge in [0.15, 0.2) is 0 Å². The maximum absolute atomic E-state index is 10.8. The highest BCUT2D eigenvalue weighted by Crippen LogP contribution is 2.26. The zero-order chi connectivity index (χ0) is 16.4. The minimum atomic E-state index is -1.03. The van der Waals surface area contributed by atoms with Gasteiger partial charge in [0, 0.05) is 5.41 Å². The summed E-state index contributed by atoms with van der Waals surface area (Å²) in [5, 5.41) is 14.0. The van der Waals surface area contributed by atoms with Crippen LogP contribution in [0.15, 0.2) is 36.7 Å². The second kappa shape index (κ2) is 6.01. The molecule has 2 rings (SSSR count). The third-order valence-electron chi connectivity index (χ3n) is 3.79. The van der Waals surface area contributed by atoms with Crippen molar-refractivity contribution in [2.45, 2.75) is 51.7 Å². The number of nitrogens with zero attached hydrogens (tertiary/aromatic N) is 3. The van der Waals surface area contributed by atoms with Gasteiger partial charge >= 0.3 is 0 Å². The fourth-order valence-corrected chi connectivity index (χ4v) is 2.09. The van der Waals surface area contributed by atoms with Crippen LogP contribution in [0.2, 0.25) is 0 Å². The minimum Gasteiger partial charge on any atom is -0.383 e. The Labute approximate surface area is 131 Å². The van der Waals surface area contributed by atoms with Crippen LogP contribution in [0.4, 0.5) is 5.95 Å². The van der Waals surface area contributed by atoms with Gasteiger partial charge in [-0.3, -0.25) is 0 Å². The summed E-state index contributed by atoms with van der Waals surface area (Å²) < 4.78 is 0. The summed E-state index contributed by atoms with van der Waals surface area (Å²) in [6.45, 7) is 9.85. The lowest BCUT2D eigenvalue weighted by atomic mass is 9.89.